The Bertz CT molecular complexity index is 950. The molecule has 1 aliphatic rings. The Morgan fingerprint density at radius 2 is 1.93 bits per heavy atom. The van der Waals surface area contributed by atoms with E-state index in [1.54, 1.807) is 12.1 Å². The minimum absolute atomic E-state index is 0.199. The highest BCUT2D eigenvalue weighted by atomic mass is 79.9. The number of rotatable bonds is 7. The number of carbonyl (C=O) groups is 1. The van der Waals surface area contributed by atoms with Crippen LogP contribution < -0.4 is 20.3 Å². The summed E-state index contributed by atoms with van der Waals surface area (Å²) in [6.07, 6.45) is 1.04. The number of amides is 2. The zero-order valence-electron chi connectivity index (χ0n) is 16.2. The molecule has 0 aliphatic carbocycles. The first-order chi connectivity index (χ1) is 13.9. The van der Waals surface area contributed by atoms with Gasteiger partial charge in [-0.25, -0.2) is 17.9 Å². The summed E-state index contributed by atoms with van der Waals surface area (Å²) in [7, 11) is -2.08. The van der Waals surface area contributed by atoms with Gasteiger partial charge in [0.05, 0.1) is 4.90 Å². The van der Waals surface area contributed by atoms with Gasteiger partial charge in [0.1, 0.15) is 0 Å². The summed E-state index contributed by atoms with van der Waals surface area (Å²) in [5.41, 5.74) is 2.02. The zero-order valence-corrected chi connectivity index (χ0v) is 18.6. The maximum Gasteiger partial charge on any atom is 0.315 e. The molecule has 2 amide bonds. The monoisotopic (exact) mass is 480 g/mol. The van der Waals surface area contributed by atoms with E-state index in [1.807, 2.05) is 12.1 Å². The number of anilines is 1. The predicted molar refractivity (Wildman–Crippen MR) is 117 cm³/mol. The van der Waals surface area contributed by atoms with Crippen LogP contribution in [0.3, 0.4) is 0 Å². The van der Waals surface area contributed by atoms with E-state index in [0.29, 0.717) is 19.0 Å². The lowest BCUT2D eigenvalue weighted by Gasteiger charge is -2.19. The van der Waals surface area contributed by atoms with Crippen molar-refractivity contribution < 1.29 is 13.2 Å². The number of hydrogen-bond acceptors (Lipinski definition) is 4. The van der Waals surface area contributed by atoms with Crippen LogP contribution in [0.1, 0.15) is 12.0 Å². The summed E-state index contributed by atoms with van der Waals surface area (Å²) in [4.78, 5) is 14.6. The van der Waals surface area contributed by atoms with Gasteiger partial charge in [0.2, 0.25) is 10.0 Å². The molecule has 1 aliphatic heterocycles. The molecule has 0 radical (unpaired) electrons. The molecule has 2 aromatic rings. The third-order valence-electron chi connectivity index (χ3n) is 4.97. The number of benzene rings is 2. The average Bonchev–Trinajstić information content (AvgIpc) is 3.20. The zero-order chi connectivity index (χ0) is 20.9. The molecular formula is C20H25BrN4O3S. The van der Waals surface area contributed by atoms with Crippen LogP contribution in [-0.4, -0.2) is 41.1 Å². The normalized spacial score (nSPS) is 16.6. The molecule has 2 aromatic carbocycles. The third-order valence-corrected chi connectivity index (χ3v) is 6.89. The molecule has 1 fully saturated rings. The largest absolute Gasteiger partial charge is 0.371 e. The molecular weight excluding hydrogens is 456 g/mol. The number of hydrogen-bond donors (Lipinski definition) is 3. The van der Waals surface area contributed by atoms with Crippen LogP contribution in [-0.2, 0) is 16.6 Å². The van der Waals surface area contributed by atoms with Crippen molar-refractivity contribution in [2.45, 2.75) is 17.9 Å². The second-order valence-corrected chi connectivity index (χ2v) is 9.80. The van der Waals surface area contributed by atoms with Gasteiger partial charge in [-0.2, -0.15) is 0 Å². The van der Waals surface area contributed by atoms with Gasteiger partial charge in [-0.15, -0.1) is 0 Å². The maximum atomic E-state index is 12.1. The Balaban J connectivity index is 1.41. The molecule has 3 rings (SSSR count). The average molecular weight is 481 g/mol. The van der Waals surface area contributed by atoms with Crippen molar-refractivity contribution in [1.29, 1.82) is 0 Å². The van der Waals surface area contributed by atoms with Crippen LogP contribution in [0.4, 0.5) is 10.5 Å². The van der Waals surface area contributed by atoms with Crippen LogP contribution in [0.2, 0.25) is 0 Å². The standard InChI is InChI=1S/C20H25BrN4O3S/c1-22-29(27,28)19-7-5-15(6-8-19)12-23-20(26)24-13-16-9-10-25(14-16)18-4-2-3-17(21)11-18/h2-8,11,16,22H,9-10,12-14H2,1H3,(H2,23,24,26). The van der Waals surface area contributed by atoms with Crippen molar-refractivity contribution in [2.24, 2.45) is 5.92 Å². The number of urea groups is 1. The molecule has 1 saturated heterocycles. The van der Waals surface area contributed by atoms with Crippen molar-refractivity contribution in [2.75, 3.05) is 31.6 Å². The molecule has 1 atom stereocenters. The van der Waals surface area contributed by atoms with Gasteiger partial charge in [-0.3, -0.25) is 0 Å². The summed E-state index contributed by atoms with van der Waals surface area (Å²) in [5, 5.41) is 5.74. The van der Waals surface area contributed by atoms with E-state index in [2.05, 4.69) is 48.3 Å². The minimum Gasteiger partial charge on any atom is -0.371 e. The molecule has 9 heteroatoms. The molecule has 0 saturated carbocycles. The Kier molecular flexibility index (Phi) is 7.15. The second kappa shape index (κ2) is 9.60. The summed E-state index contributed by atoms with van der Waals surface area (Å²) in [6, 6.07) is 14.4. The van der Waals surface area contributed by atoms with E-state index in [-0.39, 0.29) is 10.9 Å². The molecule has 3 N–H and O–H groups in total. The third kappa shape index (κ3) is 5.94. The molecule has 0 bridgehead atoms. The van der Waals surface area contributed by atoms with E-state index < -0.39 is 10.0 Å². The highest BCUT2D eigenvalue weighted by molar-refractivity contribution is 9.10. The van der Waals surface area contributed by atoms with E-state index in [0.717, 1.165) is 29.5 Å². The van der Waals surface area contributed by atoms with Gasteiger partial charge < -0.3 is 15.5 Å². The van der Waals surface area contributed by atoms with Gasteiger partial charge in [-0.05, 0) is 55.3 Å². The number of carbonyl (C=O) groups excluding carboxylic acids is 1. The minimum atomic E-state index is -3.45. The van der Waals surface area contributed by atoms with Gasteiger partial charge in [-0.1, -0.05) is 34.1 Å². The van der Waals surface area contributed by atoms with E-state index >= 15 is 0 Å². The van der Waals surface area contributed by atoms with Crippen molar-refractivity contribution in [3.63, 3.8) is 0 Å². The molecule has 156 valence electrons. The summed E-state index contributed by atoms with van der Waals surface area (Å²) >= 11 is 3.50. The molecule has 1 heterocycles. The Morgan fingerprint density at radius 3 is 2.62 bits per heavy atom. The van der Waals surface area contributed by atoms with Crippen LogP contribution in [0, 0.1) is 5.92 Å². The number of sulfonamides is 1. The Morgan fingerprint density at radius 1 is 1.17 bits per heavy atom. The first kappa shape index (κ1) is 21.6. The fraction of sp³-hybridized carbons (Fsp3) is 0.350. The van der Waals surface area contributed by atoms with Crippen LogP contribution in [0.5, 0.6) is 0 Å². The summed E-state index contributed by atoms with van der Waals surface area (Å²) in [6.45, 7) is 2.85. The molecule has 0 spiro atoms. The van der Waals surface area contributed by atoms with Crippen molar-refractivity contribution in [3.8, 4) is 0 Å². The number of halogens is 1. The van der Waals surface area contributed by atoms with Crippen LogP contribution >= 0.6 is 15.9 Å². The maximum absolute atomic E-state index is 12.1. The summed E-state index contributed by atoms with van der Waals surface area (Å²) < 4.78 is 26.8. The topological polar surface area (TPSA) is 90.5 Å². The number of nitrogens with zero attached hydrogens (tertiary/aromatic N) is 1. The smallest absolute Gasteiger partial charge is 0.315 e. The first-order valence-electron chi connectivity index (χ1n) is 9.42. The molecule has 1 unspecified atom stereocenters. The first-order valence-corrected chi connectivity index (χ1v) is 11.7. The van der Waals surface area contributed by atoms with E-state index in [1.165, 1.54) is 24.9 Å². The lowest BCUT2D eigenvalue weighted by atomic mass is 10.1. The molecule has 7 nitrogen and oxygen atoms in total. The van der Waals surface area contributed by atoms with Crippen LogP contribution in [0.15, 0.2) is 57.9 Å². The van der Waals surface area contributed by atoms with Crippen molar-refractivity contribution in [1.82, 2.24) is 15.4 Å². The van der Waals surface area contributed by atoms with Gasteiger partial charge in [0.25, 0.3) is 0 Å². The quantitative estimate of drug-likeness (QED) is 0.568. The lowest BCUT2D eigenvalue weighted by Crippen LogP contribution is -2.38. The van der Waals surface area contributed by atoms with E-state index in [9.17, 15) is 13.2 Å². The SMILES string of the molecule is CNS(=O)(=O)c1ccc(CNC(=O)NCC2CCN(c3cccc(Br)c3)C2)cc1. The second-order valence-electron chi connectivity index (χ2n) is 7.00. The Hall–Kier alpha value is -2.10. The summed E-state index contributed by atoms with van der Waals surface area (Å²) in [5.74, 6) is 0.408. The predicted octanol–water partition coefficient (Wildman–Crippen LogP) is 2.68. The fourth-order valence-corrected chi connectivity index (χ4v) is 4.41. The highest BCUT2D eigenvalue weighted by Crippen LogP contribution is 2.25. The van der Waals surface area contributed by atoms with Crippen molar-refractivity contribution in [3.05, 3.63) is 58.6 Å². The fourth-order valence-electron chi connectivity index (χ4n) is 3.29. The highest BCUT2D eigenvalue weighted by Gasteiger charge is 2.23. The lowest BCUT2D eigenvalue weighted by molar-refractivity contribution is 0.239. The van der Waals surface area contributed by atoms with E-state index in [4.69, 9.17) is 0 Å². The van der Waals surface area contributed by atoms with Gasteiger partial charge >= 0.3 is 6.03 Å². The Labute approximate surface area is 180 Å². The number of nitrogens with one attached hydrogen (secondary N) is 3. The van der Waals surface area contributed by atoms with Gasteiger partial charge in [0.15, 0.2) is 0 Å². The molecule has 0 aromatic heterocycles. The van der Waals surface area contributed by atoms with Crippen LogP contribution in [0.25, 0.3) is 0 Å². The van der Waals surface area contributed by atoms with Crippen molar-refractivity contribution >= 4 is 37.7 Å². The molecule has 29 heavy (non-hydrogen) atoms. The van der Waals surface area contributed by atoms with Gasteiger partial charge in [0, 0.05) is 36.3 Å².